The largest absolute Gasteiger partial charge is 0.298 e. The van der Waals surface area contributed by atoms with E-state index in [4.69, 9.17) is 11.6 Å². The molecule has 1 atom stereocenters. The second-order valence-corrected chi connectivity index (χ2v) is 4.71. The zero-order valence-electron chi connectivity index (χ0n) is 9.21. The van der Waals surface area contributed by atoms with E-state index in [1.807, 2.05) is 18.4 Å². The zero-order valence-corrected chi connectivity index (χ0v) is 10.8. The van der Waals surface area contributed by atoms with Crippen LogP contribution in [0.4, 0.5) is 0 Å². The van der Waals surface area contributed by atoms with Gasteiger partial charge in [-0.15, -0.1) is 23.4 Å². The Morgan fingerprint density at radius 2 is 2.20 bits per heavy atom. The molecule has 1 rings (SSSR count). The first-order valence-corrected chi connectivity index (χ1v) is 6.57. The molecular weight excluding hydrogens is 228 g/mol. The van der Waals surface area contributed by atoms with Crippen molar-refractivity contribution in [1.82, 2.24) is 0 Å². The third-order valence-electron chi connectivity index (χ3n) is 2.36. The lowest BCUT2D eigenvalue weighted by molar-refractivity contribution is -0.116. The van der Waals surface area contributed by atoms with Crippen molar-refractivity contribution in [1.29, 1.82) is 0 Å². The summed E-state index contributed by atoms with van der Waals surface area (Å²) in [7, 11) is 0. The lowest BCUT2D eigenvalue weighted by Gasteiger charge is -2.12. The molecule has 1 nitrogen and oxygen atoms in total. The Morgan fingerprint density at radius 3 is 2.67 bits per heavy atom. The van der Waals surface area contributed by atoms with Crippen molar-refractivity contribution in [3.05, 3.63) is 29.3 Å². The molecule has 0 bridgehead atoms. The van der Waals surface area contributed by atoms with Crippen molar-refractivity contribution in [2.75, 3.05) is 6.26 Å². The van der Waals surface area contributed by atoms with Gasteiger partial charge in [0.2, 0.25) is 0 Å². The predicted octanol–water partition coefficient (Wildman–Crippen LogP) is 3.84. The lowest BCUT2D eigenvalue weighted by atomic mass is 10.0. The molecule has 1 aromatic carbocycles. The fourth-order valence-electron chi connectivity index (χ4n) is 1.48. The van der Waals surface area contributed by atoms with E-state index in [2.05, 4.69) is 13.0 Å². The second kappa shape index (κ2) is 5.57. The van der Waals surface area contributed by atoms with Crippen molar-refractivity contribution in [3.63, 3.8) is 0 Å². The number of benzene rings is 1. The highest BCUT2D eigenvalue weighted by Crippen LogP contribution is 2.28. The smallest absolute Gasteiger partial charge is 0.152 e. The summed E-state index contributed by atoms with van der Waals surface area (Å²) >= 11 is 7.76. The van der Waals surface area contributed by atoms with Crippen LogP contribution in [0.1, 0.15) is 30.4 Å². The fourth-order valence-corrected chi connectivity index (χ4v) is 2.16. The summed E-state index contributed by atoms with van der Waals surface area (Å²) in [5.41, 5.74) is 2.11. The number of halogens is 1. The number of carbonyl (C=O) groups excluding carboxylic acids is 1. The molecule has 0 saturated heterocycles. The summed E-state index contributed by atoms with van der Waals surface area (Å²) < 4.78 is 0. The van der Waals surface area contributed by atoms with E-state index in [1.165, 1.54) is 11.8 Å². The van der Waals surface area contributed by atoms with E-state index in [0.29, 0.717) is 0 Å². The van der Waals surface area contributed by atoms with Gasteiger partial charge in [0.05, 0.1) is 0 Å². The highest BCUT2D eigenvalue weighted by Gasteiger charge is 2.16. The van der Waals surface area contributed by atoms with Crippen molar-refractivity contribution in [3.8, 4) is 0 Å². The molecule has 0 amide bonds. The van der Waals surface area contributed by atoms with Crippen LogP contribution in [0, 0.1) is 0 Å². The fraction of sp³-hybridized carbons (Fsp3) is 0.417. The topological polar surface area (TPSA) is 17.1 Å². The van der Waals surface area contributed by atoms with Gasteiger partial charge >= 0.3 is 0 Å². The number of thioether (sulfide) groups is 1. The Labute approximate surface area is 100 Å². The predicted molar refractivity (Wildman–Crippen MR) is 66.9 cm³/mol. The Balaban J connectivity index is 3.12. The number of ketones is 1. The Morgan fingerprint density at radius 1 is 1.53 bits per heavy atom. The monoisotopic (exact) mass is 242 g/mol. The number of alkyl halides is 1. The summed E-state index contributed by atoms with van der Waals surface area (Å²) in [5.74, 6) is 0.00303. The van der Waals surface area contributed by atoms with E-state index < -0.39 is 5.38 Å². The van der Waals surface area contributed by atoms with E-state index in [0.717, 1.165) is 17.5 Å². The third-order valence-corrected chi connectivity index (χ3v) is 3.63. The molecule has 82 valence electrons. The average Bonchev–Trinajstić information content (AvgIpc) is 2.27. The van der Waals surface area contributed by atoms with E-state index in [9.17, 15) is 4.79 Å². The molecule has 0 aliphatic heterocycles. The van der Waals surface area contributed by atoms with Gasteiger partial charge in [-0.05, 0) is 42.9 Å². The average molecular weight is 243 g/mol. The summed E-state index contributed by atoms with van der Waals surface area (Å²) in [4.78, 5) is 12.4. The molecule has 0 aromatic heterocycles. The normalized spacial score (nSPS) is 12.5. The minimum atomic E-state index is -0.504. The van der Waals surface area contributed by atoms with Gasteiger partial charge in [-0.25, -0.2) is 0 Å². The van der Waals surface area contributed by atoms with Crippen LogP contribution >= 0.6 is 23.4 Å². The molecule has 0 N–H and O–H groups in total. The van der Waals surface area contributed by atoms with Crippen molar-refractivity contribution in [2.24, 2.45) is 0 Å². The van der Waals surface area contributed by atoms with Crippen LogP contribution in [0.2, 0.25) is 0 Å². The molecule has 0 spiro atoms. The van der Waals surface area contributed by atoms with Gasteiger partial charge in [0.25, 0.3) is 0 Å². The van der Waals surface area contributed by atoms with Crippen LogP contribution in [0.3, 0.4) is 0 Å². The molecule has 0 heterocycles. The Kier molecular flexibility index (Phi) is 4.68. The molecule has 1 unspecified atom stereocenters. The Hall–Kier alpha value is -0.470. The highest BCUT2D eigenvalue weighted by atomic mass is 35.5. The van der Waals surface area contributed by atoms with Crippen molar-refractivity contribution < 1.29 is 4.79 Å². The molecule has 0 aliphatic rings. The summed E-state index contributed by atoms with van der Waals surface area (Å²) in [6, 6.07) is 6.08. The van der Waals surface area contributed by atoms with E-state index in [-0.39, 0.29) is 5.78 Å². The zero-order chi connectivity index (χ0) is 11.4. The van der Waals surface area contributed by atoms with Crippen LogP contribution in [0.15, 0.2) is 23.1 Å². The molecule has 0 radical (unpaired) electrons. The van der Waals surface area contributed by atoms with Gasteiger partial charge in [-0.1, -0.05) is 13.0 Å². The van der Waals surface area contributed by atoms with Crippen molar-refractivity contribution >= 4 is 29.1 Å². The van der Waals surface area contributed by atoms with Crippen LogP contribution in [0.5, 0.6) is 0 Å². The first kappa shape index (κ1) is 12.6. The first-order valence-electron chi connectivity index (χ1n) is 4.91. The first-order chi connectivity index (χ1) is 7.10. The number of rotatable bonds is 4. The molecule has 0 aliphatic carbocycles. The van der Waals surface area contributed by atoms with Crippen LogP contribution in [0.25, 0.3) is 0 Å². The molecule has 15 heavy (non-hydrogen) atoms. The number of hydrogen-bond donors (Lipinski definition) is 0. The number of carbonyl (C=O) groups is 1. The standard InChI is InChI=1S/C12H15ClOS/c1-4-9-7-10(15-3)5-6-11(9)12(13)8(2)14/h5-7,12H,4H2,1-3H3. The summed E-state index contributed by atoms with van der Waals surface area (Å²) in [6.45, 7) is 3.60. The van der Waals surface area contributed by atoms with Gasteiger partial charge in [0, 0.05) is 4.90 Å². The number of hydrogen-bond acceptors (Lipinski definition) is 2. The van der Waals surface area contributed by atoms with Crippen molar-refractivity contribution in [2.45, 2.75) is 30.5 Å². The van der Waals surface area contributed by atoms with Gasteiger partial charge in [0.15, 0.2) is 5.78 Å². The quantitative estimate of drug-likeness (QED) is 0.590. The van der Waals surface area contributed by atoms with Crippen LogP contribution in [-0.2, 0) is 11.2 Å². The molecule has 3 heteroatoms. The minimum Gasteiger partial charge on any atom is -0.298 e. The molecular formula is C12H15ClOS. The maximum Gasteiger partial charge on any atom is 0.152 e. The number of aryl methyl sites for hydroxylation is 1. The highest BCUT2D eigenvalue weighted by molar-refractivity contribution is 7.98. The molecule has 0 fully saturated rings. The lowest BCUT2D eigenvalue weighted by Crippen LogP contribution is -2.04. The van der Waals surface area contributed by atoms with E-state index in [1.54, 1.807) is 11.8 Å². The molecule has 1 aromatic rings. The molecule has 0 saturated carbocycles. The SMILES string of the molecule is CCc1cc(SC)ccc1C(Cl)C(C)=O. The van der Waals surface area contributed by atoms with Crippen LogP contribution in [-0.4, -0.2) is 12.0 Å². The second-order valence-electron chi connectivity index (χ2n) is 3.39. The summed E-state index contributed by atoms with van der Waals surface area (Å²) in [5, 5.41) is -0.504. The third kappa shape index (κ3) is 2.99. The van der Waals surface area contributed by atoms with E-state index >= 15 is 0 Å². The van der Waals surface area contributed by atoms with Gasteiger partial charge in [-0.3, -0.25) is 4.79 Å². The van der Waals surface area contributed by atoms with Gasteiger partial charge in [0.1, 0.15) is 5.38 Å². The van der Waals surface area contributed by atoms with Gasteiger partial charge in [-0.2, -0.15) is 0 Å². The summed E-state index contributed by atoms with van der Waals surface area (Å²) in [6.07, 6.45) is 2.94. The van der Waals surface area contributed by atoms with Crippen LogP contribution < -0.4 is 0 Å². The minimum absolute atomic E-state index is 0.00303. The Bertz CT molecular complexity index is 363. The number of Topliss-reactive ketones (excluding diaryl/α,β-unsaturated/α-hetero) is 1. The van der Waals surface area contributed by atoms with Gasteiger partial charge < -0.3 is 0 Å². The maximum absolute atomic E-state index is 11.2. The maximum atomic E-state index is 11.2.